The molecule has 3 nitrogen and oxygen atoms in total. The molecule has 1 aromatic heterocycles. The van der Waals surface area contributed by atoms with Crippen molar-refractivity contribution in [3.63, 3.8) is 0 Å². The average molecular weight is 200 g/mol. The lowest BCUT2D eigenvalue weighted by Gasteiger charge is -2.22. The predicted octanol–water partition coefficient (Wildman–Crippen LogP) is 2.52. The van der Waals surface area contributed by atoms with E-state index in [4.69, 9.17) is 4.84 Å². The van der Waals surface area contributed by atoms with E-state index in [-0.39, 0.29) is 11.6 Å². The molecule has 0 aliphatic carbocycles. The number of rotatable bonds is 3. The molecule has 0 saturated carbocycles. The van der Waals surface area contributed by atoms with Crippen LogP contribution in [0.1, 0.15) is 39.4 Å². The summed E-state index contributed by atoms with van der Waals surface area (Å²) < 4.78 is 0. The molecule has 1 rings (SSSR count). The van der Waals surface area contributed by atoms with E-state index in [9.17, 15) is 0 Å². The van der Waals surface area contributed by atoms with Crippen LogP contribution in [0.3, 0.4) is 0 Å². The Balaban J connectivity index is 2.39. The molecule has 1 atom stereocenters. The van der Waals surface area contributed by atoms with Crippen LogP contribution in [0, 0.1) is 0 Å². The molecule has 1 aromatic rings. The van der Waals surface area contributed by atoms with Gasteiger partial charge in [-0.05, 0) is 27.7 Å². The monoisotopic (exact) mass is 200 g/mol. The number of aromatic nitrogens is 1. The number of nitrogens with zero attached hydrogens (tertiary/aromatic N) is 1. The van der Waals surface area contributed by atoms with Crippen LogP contribution in [-0.2, 0) is 4.84 Å². The lowest BCUT2D eigenvalue weighted by Crippen LogP contribution is -2.31. The highest BCUT2D eigenvalue weighted by Gasteiger charge is 2.14. The fraction of sp³-hybridized carbons (Fsp3) is 0.667. The molecule has 0 spiro atoms. The maximum atomic E-state index is 5.43. The Labute approximate surface area is 83.1 Å². The molecule has 74 valence electrons. The molecular formula is C9H16N2OS. The van der Waals surface area contributed by atoms with Crippen molar-refractivity contribution in [2.45, 2.75) is 39.3 Å². The zero-order valence-electron chi connectivity index (χ0n) is 8.50. The van der Waals surface area contributed by atoms with Crippen molar-refractivity contribution in [1.29, 1.82) is 0 Å². The summed E-state index contributed by atoms with van der Waals surface area (Å²) in [5, 5.41) is 2.02. The van der Waals surface area contributed by atoms with E-state index in [1.54, 1.807) is 11.3 Å². The maximum Gasteiger partial charge on any atom is 0.0813 e. The van der Waals surface area contributed by atoms with Gasteiger partial charge in [-0.2, -0.15) is 5.48 Å². The first-order chi connectivity index (χ1) is 5.99. The van der Waals surface area contributed by atoms with Crippen molar-refractivity contribution >= 4 is 11.3 Å². The first-order valence-corrected chi connectivity index (χ1v) is 5.25. The van der Waals surface area contributed by atoms with Crippen molar-refractivity contribution in [3.8, 4) is 0 Å². The van der Waals surface area contributed by atoms with Gasteiger partial charge in [-0.25, -0.2) is 4.98 Å². The predicted molar refractivity (Wildman–Crippen MR) is 54.5 cm³/mol. The molecule has 0 aliphatic heterocycles. The van der Waals surface area contributed by atoms with Gasteiger partial charge in [-0.15, -0.1) is 11.3 Å². The summed E-state index contributed by atoms with van der Waals surface area (Å²) in [5.74, 6) is 0. The van der Waals surface area contributed by atoms with Crippen molar-refractivity contribution < 1.29 is 4.84 Å². The largest absolute Gasteiger partial charge is 0.295 e. The minimum atomic E-state index is -0.162. The first kappa shape index (κ1) is 10.6. The van der Waals surface area contributed by atoms with E-state index >= 15 is 0 Å². The zero-order valence-corrected chi connectivity index (χ0v) is 9.31. The number of nitrogens with one attached hydrogen (secondary N) is 1. The molecule has 0 saturated heterocycles. The van der Waals surface area contributed by atoms with Crippen molar-refractivity contribution in [2.24, 2.45) is 0 Å². The molecule has 1 unspecified atom stereocenters. The lowest BCUT2D eigenvalue weighted by atomic mass is 10.2. The van der Waals surface area contributed by atoms with Gasteiger partial charge in [0.15, 0.2) is 0 Å². The second-order valence-corrected chi connectivity index (χ2v) is 4.69. The smallest absolute Gasteiger partial charge is 0.0813 e. The molecular weight excluding hydrogens is 184 g/mol. The van der Waals surface area contributed by atoms with E-state index in [1.165, 1.54) is 0 Å². The number of thiazole rings is 1. The normalized spacial score (nSPS) is 14.5. The molecule has 1 N–H and O–H groups in total. The average Bonchev–Trinajstić information content (AvgIpc) is 2.50. The Morgan fingerprint density at radius 3 is 2.69 bits per heavy atom. The van der Waals surface area contributed by atoms with E-state index in [2.05, 4.69) is 10.5 Å². The van der Waals surface area contributed by atoms with Crippen molar-refractivity contribution in [3.05, 3.63) is 16.6 Å². The SMILES string of the molecule is CC(NOC(C)(C)C)c1cscn1. The van der Waals surface area contributed by atoms with Gasteiger partial charge in [-0.3, -0.25) is 4.84 Å². The molecule has 0 amide bonds. The summed E-state index contributed by atoms with van der Waals surface area (Å²) in [4.78, 5) is 9.62. The number of hydrogen-bond donors (Lipinski definition) is 1. The minimum Gasteiger partial charge on any atom is -0.295 e. The lowest BCUT2D eigenvalue weighted by molar-refractivity contribution is -0.0870. The summed E-state index contributed by atoms with van der Waals surface area (Å²) >= 11 is 1.59. The zero-order chi connectivity index (χ0) is 9.90. The third-order valence-corrected chi connectivity index (χ3v) is 2.04. The van der Waals surface area contributed by atoms with Gasteiger partial charge in [-0.1, -0.05) is 0 Å². The molecule has 0 aliphatic rings. The van der Waals surface area contributed by atoms with Gasteiger partial charge < -0.3 is 0 Å². The number of hydroxylamine groups is 1. The summed E-state index contributed by atoms with van der Waals surface area (Å²) in [5.41, 5.74) is 5.65. The van der Waals surface area contributed by atoms with Gasteiger partial charge in [0.25, 0.3) is 0 Å². The Kier molecular flexibility index (Phi) is 3.41. The van der Waals surface area contributed by atoms with E-state index in [1.807, 2.05) is 38.6 Å². The van der Waals surface area contributed by atoms with Crippen LogP contribution in [-0.4, -0.2) is 10.6 Å². The molecule has 0 aromatic carbocycles. The topological polar surface area (TPSA) is 34.1 Å². The Morgan fingerprint density at radius 1 is 1.54 bits per heavy atom. The van der Waals surface area contributed by atoms with Crippen LogP contribution in [0.5, 0.6) is 0 Å². The first-order valence-electron chi connectivity index (χ1n) is 4.30. The van der Waals surface area contributed by atoms with Gasteiger partial charge in [0.05, 0.1) is 22.8 Å². The highest BCUT2D eigenvalue weighted by Crippen LogP contribution is 2.14. The van der Waals surface area contributed by atoms with Crippen molar-refractivity contribution in [1.82, 2.24) is 10.5 Å². The van der Waals surface area contributed by atoms with Crippen LogP contribution < -0.4 is 5.48 Å². The molecule has 13 heavy (non-hydrogen) atoms. The Bertz CT molecular complexity index is 241. The standard InChI is InChI=1S/C9H16N2OS/c1-7(8-5-13-6-10-8)11-12-9(2,3)4/h5-7,11H,1-4H3. The van der Waals surface area contributed by atoms with Crippen LogP contribution >= 0.6 is 11.3 Å². The fourth-order valence-electron chi connectivity index (χ4n) is 0.761. The maximum absolute atomic E-state index is 5.43. The third kappa shape index (κ3) is 3.85. The van der Waals surface area contributed by atoms with E-state index in [0.29, 0.717) is 0 Å². The molecule has 0 bridgehead atoms. The minimum absolute atomic E-state index is 0.144. The Hall–Kier alpha value is -0.450. The second kappa shape index (κ2) is 4.17. The highest BCUT2D eigenvalue weighted by molar-refractivity contribution is 7.07. The van der Waals surface area contributed by atoms with Gasteiger partial charge >= 0.3 is 0 Å². The van der Waals surface area contributed by atoms with Gasteiger partial charge in [0, 0.05) is 5.38 Å². The second-order valence-electron chi connectivity index (χ2n) is 3.97. The summed E-state index contributed by atoms with van der Waals surface area (Å²) in [6.07, 6.45) is 0. The fourth-order valence-corrected chi connectivity index (χ4v) is 1.41. The van der Waals surface area contributed by atoms with E-state index < -0.39 is 0 Å². The molecule has 0 radical (unpaired) electrons. The van der Waals surface area contributed by atoms with Gasteiger partial charge in [0.2, 0.25) is 0 Å². The van der Waals surface area contributed by atoms with E-state index in [0.717, 1.165) is 5.69 Å². The van der Waals surface area contributed by atoms with Crippen LogP contribution in [0.4, 0.5) is 0 Å². The molecule has 0 fully saturated rings. The van der Waals surface area contributed by atoms with Crippen LogP contribution in [0.25, 0.3) is 0 Å². The van der Waals surface area contributed by atoms with Crippen molar-refractivity contribution in [2.75, 3.05) is 0 Å². The Morgan fingerprint density at radius 2 is 2.23 bits per heavy atom. The quantitative estimate of drug-likeness (QED) is 0.761. The van der Waals surface area contributed by atoms with Crippen LogP contribution in [0.15, 0.2) is 10.9 Å². The summed E-state index contributed by atoms with van der Waals surface area (Å²) in [7, 11) is 0. The number of hydrogen-bond acceptors (Lipinski definition) is 4. The highest BCUT2D eigenvalue weighted by atomic mass is 32.1. The summed E-state index contributed by atoms with van der Waals surface area (Å²) in [6.45, 7) is 8.05. The molecule has 1 heterocycles. The van der Waals surface area contributed by atoms with Crippen LogP contribution in [0.2, 0.25) is 0 Å². The third-order valence-electron chi connectivity index (χ3n) is 1.44. The summed E-state index contributed by atoms with van der Waals surface area (Å²) in [6, 6.07) is 0.144. The van der Waals surface area contributed by atoms with Gasteiger partial charge in [0.1, 0.15) is 0 Å². The molecule has 4 heteroatoms.